The standard InChI is InChI=1S/C14H17N3O3/c1-17-14(15)9(8-16-17)12-10(18-2)4-5-11-13(12)20-7-3-6-19-11/h4-5,8H,3,6-7,15H2,1-2H3. The first-order valence-corrected chi connectivity index (χ1v) is 6.47. The number of aryl methyl sites for hydroxylation is 1. The molecule has 2 heterocycles. The Hall–Kier alpha value is -2.37. The lowest BCUT2D eigenvalue weighted by Crippen LogP contribution is -2.01. The van der Waals surface area contributed by atoms with Crippen LogP contribution in [0.25, 0.3) is 11.1 Å². The van der Waals surface area contributed by atoms with Crippen molar-refractivity contribution in [1.29, 1.82) is 0 Å². The maximum atomic E-state index is 6.08. The lowest BCUT2D eigenvalue weighted by molar-refractivity contribution is 0.297. The Morgan fingerprint density at radius 1 is 1.30 bits per heavy atom. The molecule has 0 amide bonds. The third kappa shape index (κ3) is 1.93. The number of hydrogen-bond donors (Lipinski definition) is 1. The summed E-state index contributed by atoms with van der Waals surface area (Å²) < 4.78 is 18.6. The Morgan fingerprint density at radius 2 is 2.10 bits per heavy atom. The highest BCUT2D eigenvalue weighted by atomic mass is 16.5. The number of ether oxygens (including phenoxy) is 3. The predicted molar refractivity (Wildman–Crippen MR) is 75.2 cm³/mol. The Labute approximate surface area is 117 Å². The van der Waals surface area contributed by atoms with E-state index < -0.39 is 0 Å². The molecule has 2 N–H and O–H groups in total. The summed E-state index contributed by atoms with van der Waals surface area (Å²) in [4.78, 5) is 0. The third-order valence-electron chi connectivity index (χ3n) is 3.35. The van der Waals surface area contributed by atoms with Gasteiger partial charge in [0.2, 0.25) is 0 Å². The van der Waals surface area contributed by atoms with Crippen molar-refractivity contribution < 1.29 is 14.2 Å². The molecule has 1 aliphatic rings. The van der Waals surface area contributed by atoms with Crippen LogP contribution in [0.15, 0.2) is 18.3 Å². The maximum absolute atomic E-state index is 6.08. The summed E-state index contributed by atoms with van der Waals surface area (Å²) in [5.41, 5.74) is 7.65. The van der Waals surface area contributed by atoms with Crippen LogP contribution in [-0.2, 0) is 7.05 Å². The average molecular weight is 275 g/mol. The first kappa shape index (κ1) is 12.7. The van der Waals surface area contributed by atoms with Crippen molar-refractivity contribution in [1.82, 2.24) is 9.78 Å². The van der Waals surface area contributed by atoms with Gasteiger partial charge in [0.25, 0.3) is 0 Å². The molecule has 6 nitrogen and oxygen atoms in total. The van der Waals surface area contributed by atoms with Gasteiger partial charge in [0.1, 0.15) is 11.6 Å². The van der Waals surface area contributed by atoms with Crippen LogP contribution >= 0.6 is 0 Å². The van der Waals surface area contributed by atoms with Crippen molar-refractivity contribution in [2.75, 3.05) is 26.1 Å². The van der Waals surface area contributed by atoms with Crippen LogP contribution in [0.4, 0.5) is 5.82 Å². The van der Waals surface area contributed by atoms with E-state index in [1.165, 1.54) is 0 Å². The number of nitrogen functional groups attached to an aromatic ring is 1. The zero-order valence-corrected chi connectivity index (χ0v) is 11.5. The van der Waals surface area contributed by atoms with Gasteiger partial charge in [-0.25, -0.2) is 0 Å². The maximum Gasteiger partial charge on any atom is 0.172 e. The number of nitrogens with zero attached hydrogens (tertiary/aromatic N) is 2. The van der Waals surface area contributed by atoms with Gasteiger partial charge in [-0.3, -0.25) is 4.68 Å². The van der Waals surface area contributed by atoms with Gasteiger partial charge in [0.15, 0.2) is 11.5 Å². The second-order valence-corrected chi connectivity index (χ2v) is 4.59. The molecule has 0 unspecified atom stereocenters. The summed E-state index contributed by atoms with van der Waals surface area (Å²) in [6.07, 6.45) is 2.56. The van der Waals surface area contributed by atoms with Crippen LogP contribution in [0, 0.1) is 0 Å². The molecule has 0 saturated carbocycles. The van der Waals surface area contributed by atoms with E-state index in [1.807, 2.05) is 12.1 Å². The predicted octanol–water partition coefficient (Wildman–Crippen LogP) is 1.84. The molecule has 1 aromatic carbocycles. The SMILES string of the molecule is COc1ccc2c(c1-c1cnn(C)c1N)OCCCO2. The molecule has 20 heavy (non-hydrogen) atoms. The van der Waals surface area contributed by atoms with Crippen LogP contribution in [0.2, 0.25) is 0 Å². The molecule has 3 rings (SSSR count). The quantitative estimate of drug-likeness (QED) is 0.905. The van der Waals surface area contributed by atoms with Crippen molar-refractivity contribution in [3.63, 3.8) is 0 Å². The second kappa shape index (κ2) is 4.96. The molecule has 6 heteroatoms. The normalized spacial score (nSPS) is 13.9. The van der Waals surface area contributed by atoms with Crippen LogP contribution in [-0.4, -0.2) is 30.1 Å². The number of hydrogen-bond acceptors (Lipinski definition) is 5. The molecule has 0 fully saturated rings. The molecular formula is C14H17N3O3. The highest BCUT2D eigenvalue weighted by molar-refractivity contribution is 5.85. The summed E-state index contributed by atoms with van der Waals surface area (Å²) >= 11 is 0. The number of anilines is 1. The number of methoxy groups -OCH3 is 1. The second-order valence-electron chi connectivity index (χ2n) is 4.59. The smallest absolute Gasteiger partial charge is 0.172 e. The lowest BCUT2D eigenvalue weighted by Gasteiger charge is -2.15. The minimum absolute atomic E-state index is 0.560. The molecule has 0 spiro atoms. The van der Waals surface area contributed by atoms with E-state index in [0.29, 0.717) is 36.3 Å². The Balaban J connectivity index is 2.24. The summed E-state index contributed by atoms with van der Waals surface area (Å²) in [5.74, 6) is 2.63. The highest BCUT2D eigenvalue weighted by Gasteiger charge is 2.23. The number of rotatable bonds is 2. The first-order valence-electron chi connectivity index (χ1n) is 6.47. The summed E-state index contributed by atoms with van der Waals surface area (Å²) in [6.45, 7) is 1.24. The summed E-state index contributed by atoms with van der Waals surface area (Å²) in [6, 6.07) is 3.71. The van der Waals surface area contributed by atoms with Gasteiger partial charge >= 0.3 is 0 Å². The number of nitrogens with two attached hydrogens (primary N) is 1. The number of benzene rings is 1. The molecule has 0 radical (unpaired) electrons. The number of fused-ring (bicyclic) bond motifs is 1. The van der Waals surface area contributed by atoms with Gasteiger partial charge in [0.05, 0.1) is 37.6 Å². The molecule has 106 valence electrons. The molecule has 0 aliphatic carbocycles. The van der Waals surface area contributed by atoms with E-state index in [4.69, 9.17) is 19.9 Å². The van der Waals surface area contributed by atoms with E-state index in [9.17, 15) is 0 Å². The van der Waals surface area contributed by atoms with Gasteiger partial charge in [-0.15, -0.1) is 0 Å². The fourth-order valence-corrected chi connectivity index (χ4v) is 2.28. The molecule has 0 bridgehead atoms. The fourth-order valence-electron chi connectivity index (χ4n) is 2.28. The van der Waals surface area contributed by atoms with E-state index in [0.717, 1.165) is 17.5 Å². The Kier molecular flexibility index (Phi) is 3.14. The van der Waals surface area contributed by atoms with Gasteiger partial charge in [-0.1, -0.05) is 0 Å². The van der Waals surface area contributed by atoms with Gasteiger partial charge in [0, 0.05) is 13.5 Å². The fraction of sp³-hybridized carbons (Fsp3) is 0.357. The van der Waals surface area contributed by atoms with Gasteiger partial charge < -0.3 is 19.9 Å². The van der Waals surface area contributed by atoms with Crippen LogP contribution in [0.5, 0.6) is 17.2 Å². The van der Waals surface area contributed by atoms with Crippen molar-refractivity contribution in [2.45, 2.75) is 6.42 Å². The zero-order valence-electron chi connectivity index (χ0n) is 11.5. The van der Waals surface area contributed by atoms with Gasteiger partial charge in [-0.2, -0.15) is 5.10 Å². The molecule has 0 atom stereocenters. The van der Waals surface area contributed by atoms with Gasteiger partial charge in [-0.05, 0) is 12.1 Å². The van der Waals surface area contributed by atoms with E-state index in [-0.39, 0.29) is 0 Å². The zero-order chi connectivity index (χ0) is 14.1. The van der Waals surface area contributed by atoms with Crippen LogP contribution < -0.4 is 19.9 Å². The summed E-state index contributed by atoms with van der Waals surface area (Å²) in [7, 11) is 3.42. The monoisotopic (exact) mass is 275 g/mol. The van der Waals surface area contributed by atoms with Crippen LogP contribution in [0.3, 0.4) is 0 Å². The highest BCUT2D eigenvalue weighted by Crippen LogP contribution is 2.46. The minimum Gasteiger partial charge on any atom is -0.496 e. The van der Waals surface area contributed by atoms with Crippen molar-refractivity contribution >= 4 is 5.82 Å². The molecular weight excluding hydrogens is 258 g/mol. The van der Waals surface area contributed by atoms with Crippen molar-refractivity contribution in [3.8, 4) is 28.4 Å². The first-order chi connectivity index (χ1) is 9.72. The van der Waals surface area contributed by atoms with E-state index in [2.05, 4.69) is 5.10 Å². The molecule has 1 aliphatic heterocycles. The summed E-state index contributed by atoms with van der Waals surface area (Å²) in [5, 5.41) is 4.18. The average Bonchev–Trinajstić information content (AvgIpc) is 2.69. The molecule has 0 saturated heterocycles. The van der Waals surface area contributed by atoms with Crippen molar-refractivity contribution in [2.24, 2.45) is 7.05 Å². The van der Waals surface area contributed by atoms with Crippen molar-refractivity contribution in [3.05, 3.63) is 18.3 Å². The van der Waals surface area contributed by atoms with E-state index in [1.54, 1.807) is 25.0 Å². The topological polar surface area (TPSA) is 71.5 Å². The number of aromatic nitrogens is 2. The lowest BCUT2D eigenvalue weighted by atomic mass is 10.1. The molecule has 2 aromatic rings. The Bertz CT molecular complexity index is 637. The minimum atomic E-state index is 0.560. The Morgan fingerprint density at radius 3 is 2.80 bits per heavy atom. The molecule has 1 aromatic heterocycles. The van der Waals surface area contributed by atoms with Crippen LogP contribution in [0.1, 0.15) is 6.42 Å². The van der Waals surface area contributed by atoms with E-state index >= 15 is 0 Å². The third-order valence-corrected chi connectivity index (χ3v) is 3.35. The largest absolute Gasteiger partial charge is 0.496 e.